The van der Waals surface area contributed by atoms with Gasteiger partial charge in [-0.3, -0.25) is 0 Å². The van der Waals surface area contributed by atoms with Crippen LogP contribution < -0.4 is 5.32 Å². The van der Waals surface area contributed by atoms with Gasteiger partial charge >= 0.3 is 11.3 Å². The molecule has 1 aromatic carbocycles. The van der Waals surface area contributed by atoms with Crippen LogP contribution in [0.4, 0.5) is 4.79 Å². The van der Waals surface area contributed by atoms with E-state index < -0.39 is 26.8 Å². The van der Waals surface area contributed by atoms with E-state index in [1.165, 1.54) is 0 Å². The average Bonchev–Trinajstić information content (AvgIpc) is 2.97. The predicted octanol–water partition coefficient (Wildman–Crippen LogP) is 2.76. The zero-order chi connectivity index (χ0) is 19.4. The molecule has 0 radical (unpaired) electrons. The van der Waals surface area contributed by atoms with E-state index in [1.807, 2.05) is 0 Å². The van der Waals surface area contributed by atoms with Gasteiger partial charge in [-0.2, -0.15) is 0 Å². The third-order valence-corrected chi connectivity index (χ3v) is 4.65. The lowest BCUT2D eigenvalue weighted by molar-refractivity contribution is 0.0527. The topological polar surface area (TPSA) is 111 Å². The fourth-order valence-electron chi connectivity index (χ4n) is 1.91. The van der Waals surface area contributed by atoms with Gasteiger partial charge in [0.05, 0.1) is 5.75 Å². The zero-order valence-electron chi connectivity index (χ0n) is 14.7. The Morgan fingerprint density at radius 1 is 1.23 bits per heavy atom. The van der Waals surface area contributed by atoms with E-state index in [4.69, 9.17) is 20.8 Å². The zero-order valence-corrected chi connectivity index (χ0v) is 16.2. The number of amides is 1. The Bertz CT molecular complexity index is 857. The molecule has 0 saturated carbocycles. The molecule has 0 aliphatic heterocycles. The molecule has 8 nitrogen and oxygen atoms in total. The van der Waals surface area contributed by atoms with Crippen molar-refractivity contribution < 1.29 is 22.4 Å². The summed E-state index contributed by atoms with van der Waals surface area (Å²) in [5.41, 5.74) is -0.0435. The predicted molar refractivity (Wildman–Crippen MR) is 94.6 cm³/mol. The van der Waals surface area contributed by atoms with Crippen LogP contribution in [0.5, 0.6) is 0 Å². The number of hydrogen-bond acceptors (Lipinski definition) is 7. The molecule has 0 unspecified atom stereocenters. The van der Waals surface area contributed by atoms with Gasteiger partial charge in [0, 0.05) is 18.0 Å². The first-order valence-electron chi connectivity index (χ1n) is 7.81. The molecule has 2 rings (SSSR count). The second-order valence-electron chi connectivity index (χ2n) is 6.53. The Morgan fingerprint density at radius 3 is 2.50 bits per heavy atom. The minimum atomic E-state index is -3.77. The van der Waals surface area contributed by atoms with Gasteiger partial charge < -0.3 is 14.5 Å². The minimum Gasteiger partial charge on any atom is -0.444 e. The number of ether oxygens (including phenoxy) is 1. The maximum absolute atomic E-state index is 12.3. The molecule has 0 aliphatic carbocycles. The van der Waals surface area contributed by atoms with Gasteiger partial charge in [-0.25, -0.2) is 13.2 Å². The molecule has 10 heteroatoms. The number of benzene rings is 1. The highest BCUT2D eigenvalue weighted by atomic mass is 35.5. The lowest BCUT2D eigenvalue weighted by Gasteiger charge is -2.19. The fraction of sp³-hybridized carbons (Fsp3) is 0.438. The maximum Gasteiger partial charge on any atom is 0.407 e. The van der Waals surface area contributed by atoms with Crippen LogP contribution in [0.15, 0.2) is 33.9 Å². The van der Waals surface area contributed by atoms with Gasteiger partial charge in [0.1, 0.15) is 5.60 Å². The van der Waals surface area contributed by atoms with E-state index in [9.17, 15) is 13.2 Å². The molecule has 1 heterocycles. The highest BCUT2D eigenvalue weighted by molar-refractivity contribution is 7.90. The summed E-state index contributed by atoms with van der Waals surface area (Å²) >= 11 is 5.78. The van der Waals surface area contributed by atoms with Crippen LogP contribution in [0.2, 0.25) is 5.02 Å². The third-order valence-electron chi connectivity index (χ3n) is 2.99. The number of nitrogens with one attached hydrogen (secondary N) is 1. The molecule has 0 saturated heterocycles. The summed E-state index contributed by atoms with van der Waals surface area (Å²) in [6.07, 6.45) is -0.393. The number of nitrogens with zero attached hydrogens (tertiary/aromatic N) is 2. The number of sulfone groups is 1. The van der Waals surface area contributed by atoms with Crippen molar-refractivity contribution in [3.8, 4) is 0 Å². The molecule has 0 atom stereocenters. The second-order valence-corrected chi connectivity index (χ2v) is 8.83. The van der Waals surface area contributed by atoms with Crippen molar-refractivity contribution in [2.24, 2.45) is 0 Å². The number of rotatable bonds is 6. The lowest BCUT2D eigenvalue weighted by Crippen LogP contribution is -2.33. The fourth-order valence-corrected chi connectivity index (χ4v) is 3.18. The van der Waals surface area contributed by atoms with Crippen LogP contribution in [0.1, 0.15) is 32.2 Å². The molecule has 0 aliphatic rings. The number of carbonyl (C=O) groups is 1. The standard InChI is InChI=1S/C16H20ClN3O5S/c1-16(2,3)25-14(21)18-9-8-13-19-20-15(24-13)26(22,23)10-11-4-6-12(17)7-5-11/h4-7H,8-10H2,1-3H3,(H,18,21). The number of carbonyl (C=O) groups excluding carboxylic acids is 1. The van der Waals surface area contributed by atoms with E-state index >= 15 is 0 Å². The summed E-state index contributed by atoms with van der Waals surface area (Å²) < 4.78 is 34.9. The highest BCUT2D eigenvalue weighted by Crippen LogP contribution is 2.17. The van der Waals surface area contributed by atoms with Crippen LogP contribution >= 0.6 is 11.6 Å². The van der Waals surface area contributed by atoms with E-state index in [2.05, 4.69) is 15.5 Å². The van der Waals surface area contributed by atoms with Crippen LogP contribution in [0.25, 0.3) is 0 Å². The molecule has 0 fully saturated rings. The normalized spacial score (nSPS) is 12.0. The highest BCUT2D eigenvalue weighted by Gasteiger charge is 2.23. The molecule has 1 N–H and O–H groups in total. The smallest absolute Gasteiger partial charge is 0.407 e. The SMILES string of the molecule is CC(C)(C)OC(=O)NCCc1nnc(S(=O)(=O)Cc2ccc(Cl)cc2)o1. The van der Waals surface area contributed by atoms with Crippen LogP contribution in [-0.2, 0) is 26.7 Å². The van der Waals surface area contributed by atoms with Gasteiger partial charge in [0.2, 0.25) is 15.7 Å². The summed E-state index contributed by atoms with van der Waals surface area (Å²) in [7, 11) is -3.77. The summed E-state index contributed by atoms with van der Waals surface area (Å²) in [5.74, 6) is -0.169. The van der Waals surface area contributed by atoms with Gasteiger partial charge in [-0.05, 0) is 38.5 Å². The summed E-state index contributed by atoms with van der Waals surface area (Å²) in [5, 5.41) is 9.87. The Balaban J connectivity index is 1.92. The molecule has 1 amide bonds. The maximum atomic E-state index is 12.3. The average molecular weight is 402 g/mol. The van der Waals surface area contributed by atoms with Gasteiger partial charge in [-0.15, -0.1) is 5.10 Å². The molecule has 142 valence electrons. The van der Waals surface area contributed by atoms with Crippen molar-refractivity contribution in [1.82, 2.24) is 15.5 Å². The minimum absolute atomic E-state index is 0.107. The Kier molecular flexibility index (Phi) is 6.25. The van der Waals surface area contributed by atoms with Crippen molar-refractivity contribution >= 4 is 27.5 Å². The Labute approximate surface area is 156 Å². The summed E-state index contributed by atoms with van der Waals surface area (Å²) in [4.78, 5) is 11.5. The van der Waals surface area contributed by atoms with E-state index in [0.29, 0.717) is 10.6 Å². The van der Waals surface area contributed by atoms with Gasteiger partial charge in [0.25, 0.3) is 0 Å². The van der Waals surface area contributed by atoms with E-state index in [1.54, 1.807) is 45.0 Å². The molecule has 0 spiro atoms. The second kappa shape index (κ2) is 8.05. The largest absolute Gasteiger partial charge is 0.444 e. The first-order chi connectivity index (χ1) is 12.0. The summed E-state index contributed by atoms with van der Waals surface area (Å²) in [6.45, 7) is 5.43. The van der Waals surface area contributed by atoms with Gasteiger partial charge in [0.15, 0.2) is 0 Å². The van der Waals surface area contributed by atoms with Crippen molar-refractivity contribution in [1.29, 1.82) is 0 Å². The molecule has 1 aromatic heterocycles. The van der Waals surface area contributed by atoms with Crippen LogP contribution in [-0.4, -0.2) is 36.9 Å². The Hall–Kier alpha value is -2.13. The van der Waals surface area contributed by atoms with E-state index in [0.717, 1.165) is 0 Å². The molecular formula is C16H20ClN3O5S. The first kappa shape index (κ1) is 20.2. The van der Waals surface area contributed by atoms with Crippen molar-refractivity contribution in [2.75, 3.05) is 6.54 Å². The molecular weight excluding hydrogens is 382 g/mol. The molecule has 2 aromatic rings. The number of aromatic nitrogens is 2. The monoisotopic (exact) mass is 401 g/mol. The number of hydrogen-bond donors (Lipinski definition) is 1. The van der Waals surface area contributed by atoms with Gasteiger partial charge in [-0.1, -0.05) is 28.8 Å². The van der Waals surface area contributed by atoms with Crippen molar-refractivity contribution in [3.05, 3.63) is 40.7 Å². The Morgan fingerprint density at radius 2 is 1.88 bits per heavy atom. The number of alkyl carbamates (subject to hydrolysis) is 1. The number of halogens is 1. The van der Waals surface area contributed by atoms with E-state index in [-0.39, 0.29) is 24.6 Å². The van der Waals surface area contributed by atoms with Crippen LogP contribution in [0, 0.1) is 0 Å². The quantitative estimate of drug-likeness (QED) is 0.791. The summed E-state index contributed by atoms with van der Waals surface area (Å²) in [6, 6.07) is 6.44. The molecule has 0 bridgehead atoms. The van der Waals surface area contributed by atoms with Crippen molar-refractivity contribution in [2.45, 2.75) is 43.8 Å². The van der Waals surface area contributed by atoms with Crippen LogP contribution in [0.3, 0.4) is 0 Å². The third kappa shape index (κ3) is 6.30. The lowest BCUT2D eigenvalue weighted by atomic mass is 10.2. The molecule has 26 heavy (non-hydrogen) atoms. The first-order valence-corrected chi connectivity index (χ1v) is 9.85. The van der Waals surface area contributed by atoms with Crippen molar-refractivity contribution in [3.63, 3.8) is 0 Å².